The number of rotatable bonds is 2. The van der Waals surface area contributed by atoms with Crippen LogP contribution in [0.15, 0.2) is 29.3 Å². The van der Waals surface area contributed by atoms with Crippen LogP contribution < -0.4 is 15.8 Å². The zero-order chi connectivity index (χ0) is 19.8. The molecule has 2 aliphatic heterocycles. The predicted molar refractivity (Wildman–Crippen MR) is 104 cm³/mol. The molecule has 2 aliphatic rings. The van der Waals surface area contributed by atoms with Crippen LogP contribution in [0.4, 0.5) is 11.8 Å². The Morgan fingerprint density at radius 3 is 2.50 bits per heavy atom. The lowest BCUT2D eigenvalue weighted by Gasteiger charge is -2.40. The molecule has 144 valence electrons. The Balaban J connectivity index is 1.86. The van der Waals surface area contributed by atoms with Gasteiger partial charge in [0, 0.05) is 30.4 Å². The van der Waals surface area contributed by atoms with Gasteiger partial charge in [0.1, 0.15) is 11.7 Å². The van der Waals surface area contributed by atoms with Gasteiger partial charge in [-0.05, 0) is 50.8 Å². The van der Waals surface area contributed by atoms with E-state index in [-0.39, 0.29) is 23.5 Å². The second kappa shape index (κ2) is 7.08. The van der Waals surface area contributed by atoms with E-state index in [0.29, 0.717) is 17.1 Å². The lowest BCUT2D eigenvalue weighted by atomic mass is 9.79. The van der Waals surface area contributed by atoms with Gasteiger partial charge in [0.25, 0.3) is 5.56 Å². The first kappa shape index (κ1) is 18.2. The molecule has 0 saturated carbocycles. The van der Waals surface area contributed by atoms with Gasteiger partial charge in [0.15, 0.2) is 0 Å². The molecule has 0 spiro atoms. The van der Waals surface area contributed by atoms with Crippen molar-refractivity contribution in [2.75, 3.05) is 10.2 Å². The van der Waals surface area contributed by atoms with Gasteiger partial charge < -0.3 is 10.2 Å². The van der Waals surface area contributed by atoms with Crippen LogP contribution in [-0.2, 0) is 4.79 Å². The summed E-state index contributed by atoms with van der Waals surface area (Å²) in [5, 5.41) is 12.2. The molecule has 4 heterocycles. The normalized spacial score (nSPS) is 26.9. The van der Waals surface area contributed by atoms with Gasteiger partial charge in [0.05, 0.1) is 11.6 Å². The van der Waals surface area contributed by atoms with E-state index in [1.54, 1.807) is 24.5 Å². The largest absolute Gasteiger partial charge is 0.337 e. The number of amides is 1. The number of carbonyl (C=O) groups excluding carboxylic acids is 1. The monoisotopic (exact) mass is 378 g/mol. The molecule has 0 aliphatic carbocycles. The summed E-state index contributed by atoms with van der Waals surface area (Å²) < 4.78 is 0. The fraction of sp³-hybridized carbons (Fsp3) is 0.450. The van der Waals surface area contributed by atoms with Crippen LogP contribution in [-0.4, -0.2) is 32.9 Å². The van der Waals surface area contributed by atoms with Crippen molar-refractivity contribution in [2.45, 2.75) is 51.1 Å². The molecule has 28 heavy (non-hydrogen) atoms. The van der Waals surface area contributed by atoms with E-state index in [9.17, 15) is 14.9 Å². The molecule has 4 atom stereocenters. The third-order valence-corrected chi connectivity index (χ3v) is 5.75. The van der Waals surface area contributed by atoms with Crippen molar-refractivity contribution in [2.24, 2.45) is 5.92 Å². The lowest BCUT2D eigenvalue weighted by Crippen LogP contribution is -2.46. The maximum Gasteiger partial charge on any atom is 0.258 e. The third kappa shape index (κ3) is 2.93. The van der Waals surface area contributed by atoms with Crippen molar-refractivity contribution in [3.63, 3.8) is 0 Å². The second-order valence-corrected chi connectivity index (χ2v) is 7.54. The minimum absolute atomic E-state index is 0.238. The Morgan fingerprint density at radius 2 is 1.86 bits per heavy atom. The molecule has 4 unspecified atom stereocenters. The van der Waals surface area contributed by atoms with Crippen LogP contribution >= 0.6 is 0 Å². The fourth-order valence-corrected chi connectivity index (χ4v) is 4.39. The Hall–Kier alpha value is -3.21. The number of hydrogen-bond acceptors (Lipinski definition) is 6. The van der Waals surface area contributed by atoms with Crippen LogP contribution in [0.2, 0.25) is 0 Å². The highest BCUT2D eigenvalue weighted by atomic mass is 16.2. The van der Waals surface area contributed by atoms with Gasteiger partial charge >= 0.3 is 0 Å². The number of nitrogens with zero attached hydrogens (tertiary/aromatic N) is 4. The molecule has 1 saturated heterocycles. The third-order valence-electron chi connectivity index (χ3n) is 5.75. The summed E-state index contributed by atoms with van der Waals surface area (Å²) in [6, 6.07) is 5.97. The number of nitrogens with one attached hydrogen (secondary N) is 2. The van der Waals surface area contributed by atoms with Gasteiger partial charge in [0.2, 0.25) is 11.9 Å². The Kier molecular flexibility index (Phi) is 4.59. The minimum atomic E-state index is -1.00. The number of nitriles is 1. The molecule has 4 rings (SSSR count). The number of piperidine rings is 1. The van der Waals surface area contributed by atoms with Gasteiger partial charge in [-0.15, -0.1) is 0 Å². The SMILES string of the molecule is CC1CCCC(C)N1c1nc2c(c(=O)[nH]1)C(c1ccncc1)C(C#N)C(=O)N2. The molecular weight excluding hydrogens is 356 g/mol. The minimum Gasteiger partial charge on any atom is -0.337 e. The van der Waals surface area contributed by atoms with E-state index >= 15 is 0 Å². The van der Waals surface area contributed by atoms with Gasteiger partial charge in [-0.25, -0.2) is 0 Å². The van der Waals surface area contributed by atoms with E-state index in [4.69, 9.17) is 0 Å². The Labute approximate surface area is 162 Å². The molecule has 1 fully saturated rings. The quantitative estimate of drug-likeness (QED) is 0.827. The van der Waals surface area contributed by atoms with Crippen LogP contribution in [0.5, 0.6) is 0 Å². The summed E-state index contributed by atoms with van der Waals surface area (Å²) >= 11 is 0. The molecule has 2 aromatic heterocycles. The highest BCUT2D eigenvalue weighted by molar-refractivity contribution is 5.97. The standard InChI is InChI=1S/C20H22N6O2/c1-11-4-3-5-12(2)26(11)20-24-17-16(19(28)25-20)15(13-6-8-22-9-7-13)14(10-21)18(27)23-17/h6-9,11-12,14-15H,3-5H2,1-2H3,(H2,23,24,25,27,28). The Bertz CT molecular complexity index is 986. The second-order valence-electron chi connectivity index (χ2n) is 7.54. The van der Waals surface area contributed by atoms with Crippen molar-refractivity contribution in [1.82, 2.24) is 15.0 Å². The topological polar surface area (TPSA) is 115 Å². The van der Waals surface area contributed by atoms with Crippen molar-refractivity contribution in [1.29, 1.82) is 5.26 Å². The summed E-state index contributed by atoms with van der Waals surface area (Å²) in [5.74, 6) is -1.43. The highest BCUT2D eigenvalue weighted by Crippen LogP contribution is 2.38. The van der Waals surface area contributed by atoms with Crippen LogP contribution in [0, 0.1) is 17.2 Å². The van der Waals surface area contributed by atoms with E-state index in [1.165, 1.54) is 0 Å². The maximum absolute atomic E-state index is 13.1. The lowest BCUT2D eigenvalue weighted by molar-refractivity contribution is -0.119. The number of carbonyl (C=O) groups is 1. The molecule has 2 aromatic rings. The zero-order valence-corrected chi connectivity index (χ0v) is 15.8. The first-order valence-electron chi connectivity index (χ1n) is 9.54. The summed E-state index contributed by atoms with van der Waals surface area (Å²) in [4.78, 5) is 39.3. The van der Waals surface area contributed by atoms with Crippen LogP contribution in [0.1, 0.15) is 50.2 Å². The average Bonchev–Trinajstić information content (AvgIpc) is 2.67. The summed E-state index contributed by atoms with van der Waals surface area (Å²) in [6.07, 6.45) is 6.35. The number of anilines is 2. The molecule has 0 radical (unpaired) electrons. The van der Waals surface area contributed by atoms with E-state index < -0.39 is 17.7 Å². The first-order valence-corrected chi connectivity index (χ1v) is 9.54. The molecule has 8 nitrogen and oxygen atoms in total. The number of aromatic nitrogens is 3. The van der Waals surface area contributed by atoms with Crippen molar-refractivity contribution in [3.05, 3.63) is 46.0 Å². The zero-order valence-electron chi connectivity index (χ0n) is 15.8. The number of pyridine rings is 1. The number of H-pyrrole nitrogens is 1. The van der Waals surface area contributed by atoms with Crippen molar-refractivity contribution >= 4 is 17.7 Å². The average molecular weight is 378 g/mol. The first-order chi connectivity index (χ1) is 13.5. The van der Waals surface area contributed by atoms with Gasteiger partial charge in [-0.1, -0.05) is 0 Å². The van der Waals surface area contributed by atoms with Crippen LogP contribution in [0.25, 0.3) is 0 Å². The van der Waals surface area contributed by atoms with E-state index in [0.717, 1.165) is 19.3 Å². The molecular formula is C20H22N6O2. The molecule has 1 amide bonds. The Morgan fingerprint density at radius 1 is 1.18 bits per heavy atom. The molecule has 0 aromatic carbocycles. The summed E-state index contributed by atoms with van der Waals surface area (Å²) in [5.41, 5.74) is 0.683. The number of hydrogen-bond donors (Lipinski definition) is 2. The van der Waals surface area contributed by atoms with Crippen molar-refractivity contribution in [3.8, 4) is 6.07 Å². The number of fused-ring (bicyclic) bond motifs is 1. The predicted octanol–water partition coefficient (Wildman–Crippen LogP) is 2.16. The van der Waals surface area contributed by atoms with E-state index in [2.05, 4.69) is 39.0 Å². The van der Waals surface area contributed by atoms with Gasteiger partial charge in [-0.2, -0.15) is 10.2 Å². The molecule has 8 heteroatoms. The maximum atomic E-state index is 13.1. The summed E-state index contributed by atoms with van der Waals surface area (Å²) in [7, 11) is 0. The summed E-state index contributed by atoms with van der Waals surface area (Å²) in [6.45, 7) is 4.22. The van der Waals surface area contributed by atoms with E-state index in [1.807, 2.05) is 6.07 Å². The van der Waals surface area contributed by atoms with Crippen LogP contribution in [0.3, 0.4) is 0 Å². The molecule has 0 bridgehead atoms. The molecule has 2 N–H and O–H groups in total. The smallest absolute Gasteiger partial charge is 0.258 e. The fourth-order valence-electron chi connectivity index (χ4n) is 4.39. The van der Waals surface area contributed by atoms with Crippen molar-refractivity contribution < 1.29 is 4.79 Å². The van der Waals surface area contributed by atoms with Gasteiger partial charge in [-0.3, -0.25) is 19.6 Å². The highest BCUT2D eigenvalue weighted by Gasteiger charge is 2.40. The number of aromatic amines is 1.